The molecule has 3 aromatic heterocycles. The summed E-state index contributed by atoms with van der Waals surface area (Å²) in [5.74, 6) is 1.29. The van der Waals surface area contributed by atoms with Crippen LogP contribution in [0, 0.1) is 11.8 Å². The third-order valence-electron chi connectivity index (χ3n) is 4.80. The van der Waals surface area contributed by atoms with Crippen LogP contribution in [-0.2, 0) is 6.42 Å². The van der Waals surface area contributed by atoms with Gasteiger partial charge < -0.3 is 14.3 Å². The average Bonchev–Trinajstić information content (AvgIpc) is 3.38. The summed E-state index contributed by atoms with van der Waals surface area (Å²) >= 11 is 0. The zero-order chi connectivity index (χ0) is 18.4. The number of rotatable bonds is 4. The Morgan fingerprint density at radius 1 is 1.30 bits per heavy atom. The number of benzene rings is 1. The van der Waals surface area contributed by atoms with E-state index in [-0.39, 0.29) is 6.04 Å². The highest BCUT2D eigenvalue weighted by Crippen LogP contribution is 2.40. The predicted molar refractivity (Wildman–Crippen MR) is 98.6 cm³/mol. The van der Waals surface area contributed by atoms with Crippen molar-refractivity contribution in [2.24, 2.45) is 5.18 Å². The maximum Gasteiger partial charge on any atom is 0.295 e. The number of nitroso groups, excluding NO2 is 1. The highest BCUT2D eigenvalue weighted by Gasteiger charge is 2.25. The fraction of sp³-hybridized carbons (Fsp3) is 0.211. The molecular weight excluding hydrogens is 346 g/mol. The Bertz CT molecular complexity index is 1160. The molecule has 0 amide bonds. The number of pyridine rings is 1. The van der Waals surface area contributed by atoms with Gasteiger partial charge in [-0.3, -0.25) is 4.98 Å². The van der Waals surface area contributed by atoms with E-state index in [1.807, 2.05) is 24.3 Å². The van der Waals surface area contributed by atoms with E-state index >= 15 is 0 Å². The molecule has 134 valence electrons. The Hall–Kier alpha value is -3.55. The molecule has 3 heterocycles. The zero-order valence-electron chi connectivity index (χ0n) is 14.5. The summed E-state index contributed by atoms with van der Waals surface area (Å²) in [4.78, 5) is 19.3. The van der Waals surface area contributed by atoms with Gasteiger partial charge in [-0.2, -0.15) is 9.89 Å². The number of nitrogens with zero attached hydrogens (tertiary/aromatic N) is 4. The smallest absolute Gasteiger partial charge is 0.295 e. The van der Waals surface area contributed by atoms with Crippen molar-refractivity contribution in [2.75, 3.05) is 5.32 Å². The Morgan fingerprint density at radius 2 is 2.22 bits per heavy atom. The Kier molecular flexibility index (Phi) is 3.49. The van der Waals surface area contributed by atoms with E-state index < -0.39 is 0 Å². The highest BCUT2D eigenvalue weighted by molar-refractivity contribution is 5.99. The van der Waals surface area contributed by atoms with Crippen molar-refractivity contribution in [2.45, 2.75) is 25.8 Å². The molecular formula is C19H15N5O3. The minimum Gasteiger partial charge on any atom is -0.447 e. The standard InChI is InChI=1S/C19H15N5O3/c1-10-21-19(27-24-10)18-17(14-6-7-20-9-16(14)26-18)22-12-3-4-13-11(8-12)2-5-15(13)23-25/h3-4,6-9,15,22H,2,5H2,1H3. The van der Waals surface area contributed by atoms with Gasteiger partial charge in [0.15, 0.2) is 11.4 Å². The van der Waals surface area contributed by atoms with Crippen LogP contribution >= 0.6 is 0 Å². The number of nitrogens with one attached hydrogen (secondary N) is 1. The van der Waals surface area contributed by atoms with Crippen LogP contribution in [0.3, 0.4) is 0 Å². The van der Waals surface area contributed by atoms with Gasteiger partial charge in [-0.05, 0) is 49.1 Å². The molecule has 1 unspecified atom stereocenters. The van der Waals surface area contributed by atoms with E-state index in [0.29, 0.717) is 23.1 Å². The van der Waals surface area contributed by atoms with E-state index in [1.54, 1.807) is 19.3 Å². The number of hydrogen-bond donors (Lipinski definition) is 1. The molecule has 1 atom stereocenters. The largest absolute Gasteiger partial charge is 0.447 e. The van der Waals surface area contributed by atoms with Gasteiger partial charge in [-0.1, -0.05) is 16.4 Å². The number of furan rings is 1. The first-order chi connectivity index (χ1) is 13.2. The molecule has 0 fully saturated rings. The van der Waals surface area contributed by atoms with Gasteiger partial charge in [0.25, 0.3) is 5.89 Å². The Labute approximate surface area is 153 Å². The van der Waals surface area contributed by atoms with E-state index in [1.165, 1.54) is 0 Å². The average molecular weight is 361 g/mol. The molecule has 8 nitrogen and oxygen atoms in total. The van der Waals surface area contributed by atoms with Crippen LogP contribution in [0.25, 0.3) is 22.6 Å². The normalized spacial score (nSPS) is 15.8. The van der Waals surface area contributed by atoms with Crippen molar-refractivity contribution in [3.63, 3.8) is 0 Å². The molecule has 0 saturated carbocycles. The van der Waals surface area contributed by atoms with Gasteiger partial charge in [0, 0.05) is 17.3 Å². The summed E-state index contributed by atoms with van der Waals surface area (Å²) in [7, 11) is 0. The Morgan fingerprint density at radius 3 is 3.04 bits per heavy atom. The first kappa shape index (κ1) is 15.7. The molecule has 0 radical (unpaired) electrons. The van der Waals surface area contributed by atoms with Crippen molar-refractivity contribution < 1.29 is 8.94 Å². The maximum atomic E-state index is 11.0. The quantitative estimate of drug-likeness (QED) is 0.526. The number of hydrogen-bond acceptors (Lipinski definition) is 8. The second-order valence-electron chi connectivity index (χ2n) is 6.52. The summed E-state index contributed by atoms with van der Waals surface area (Å²) in [5.41, 5.74) is 4.38. The van der Waals surface area contributed by atoms with Gasteiger partial charge in [0.1, 0.15) is 6.04 Å². The molecule has 8 heteroatoms. The Balaban J connectivity index is 1.60. The van der Waals surface area contributed by atoms with Gasteiger partial charge in [0.05, 0.1) is 11.9 Å². The number of anilines is 2. The molecule has 1 aromatic carbocycles. The van der Waals surface area contributed by atoms with Gasteiger partial charge in [-0.15, -0.1) is 0 Å². The SMILES string of the molecule is Cc1noc(-c2oc3cnccc3c2Nc2ccc3c(c2)CCC3N=O)n1. The van der Waals surface area contributed by atoms with Crippen molar-refractivity contribution >= 4 is 22.3 Å². The third-order valence-corrected chi connectivity index (χ3v) is 4.80. The lowest BCUT2D eigenvalue weighted by atomic mass is 10.1. The molecule has 27 heavy (non-hydrogen) atoms. The van der Waals surface area contributed by atoms with E-state index in [2.05, 4.69) is 25.6 Å². The van der Waals surface area contributed by atoms with Crippen molar-refractivity contribution in [1.82, 2.24) is 15.1 Å². The first-order valence-electron chi connectivity index (χ1n) is 8.62. The van der Waals surface area contributed by atoms with E-state index in [4.69, 9.17) is 8.94 Å². The second-order valence-corrected chi connectivity index (χ2v) is 6.52. The van der Waals surface area contributed by atoms with Gasteiger partial charge in [0.2, 0.25) is 5.76 Å². The van der Waals surface area contributed by atoms with E-state index in [9.17, 15) is 4.91 Å². The fourth-order valence-corrected chi connectivity index (χ4v) is 3.54. The monoisotopic (exact) mass is 361 g/mol. The first-order valence-corrected chi connectivity index (χ1v) is 8.62. The van der Waals surface area contributed by atoms with Crippen LogP contribution in [0.1, 0.15) is 29.4 Å². The summed E-state index contributed by atoms with van der Waals surface area (Å²) in [6, 6.07) is 7.56. The molecule has 4 aromatic rings. The molecule has 0 spiro atoms. The van der Waals surface area contributed by atoms with Gasteiger partial charge in [-0.25, -0.2) is 0 Å². The van der Waals surface area contributed by atoms with Gasteiger partial charge >= 0.3 is 0 Å². The number of aryl methyl sites for hydroxylation is 2. The third kappa shape index (κ3) is 2.57. The molecule has 0 bridgehead atoms. The minimum absolute atomic E-state index is 0.244. The fourth-order valence-electron chi connectivity index (χ4n) is 3.54. The lowest BCUT2D eigenvalue weighted by Gasteiger charge is -2.09. The molecule has 0 saturated heterocycles. The van der Waals surface area contributed by atoms with Crippen molar-refractivity contribution in [1.29, 1.82) is 0 Å². The number of fused-ring (bicyclic) bond motifs is 2. The van der Waals surface area contributed by atoms with Crippen LogP contribution < -0.4 is 5.32 Å². The van der Waals surface area contributed by atoms with Crippen LogP contribution in [0.2, 0.25) is 0 Å². The van der Waals surface area contributed by atoms with Crippen molar-refractivity contribution in [3.05, 3.63) is 58.5 Å². The maximum absolute atomic E-state index is 11.0. The minimum atomic E-state index is -0.244. The van der Waals surface area contributed by atoms with Crippen LogP contribution in [0.4, 0.5) is 11.4 Å². The predicted octanol–water partition coefficient (Wildman–Crippen LogP) is 4.68. The topological polar surface area (TPSA) is 106 Å². The molecule has 1 aliphatic carbocycles. The second kappa shape index (κ2) is 6.01. The lowest BCUT2D eigenvalue weighted by molar-refractivity contribution is 0.414. The molecule has 1 N–H and O–H groups in total. The van der Waals surface area contributed by atoms with Crippen LogP contribution in [-0.4, -0.2) is 15.1 Å². The van der Waals surface area contributed by atoms with Crippen LogP contribution in [0.5, 0.6) is 0 Å². The summed E-state index contributed by atoms with van der Waals surface area (Å²) < 4.78 is 11.2. The number of aromatic nitrogens is 3. The zero-order valence-corrected chi connectivity index (χ0v) is 14.5. The van der Waals surface area contributed by atoms with Crippen molar-refractivity contribution in [3.8, 4) is 11.7 Å². The van der Waals surface area contributed by atoms with Crippen LogP contribution in [0.15, 0.2) is 50.8 Å². The molecule has 5 rings (SSSR count). The van der Waals surface area contributed by atoms with E-state index in [0.717, 1.165) is 40.7 Å². The molecule has 1 aliphatic rings. The summed E-state index contributed by atoms with van der Waals surface area (Å²) in [6.45, 7) is 1.75. The summed E-state index contributed by atoms with van der Waals surface area (Å²) in [6.07, 6.45) is 4.95. The molecule has 0 aliphatic heterocycles. The highest BCUT2D eigenvalue weighted by atomic mass is 16.5. The lowest BCUT2D eigenvalue weighted by Crippen LogP contribution is -1.94. The summed E-state index contributed by atoms with van der Waals surface area (Å²) in [5, 5.41) is 11.3.